The molecule has 0 aromatic carbocycles. The van der Waals surface area contributed by atoms with Gasteiger partial charge in [-0.2, -0.15) is 0 Å². The van der Waals surface area contributed by atoms with Gasteiger partial charge in [-0.3, -0.25) is 9.59 Å². The quantitative estimate of drug-likeness (QED) is 0.647. The fourth-order valence-electron chi connectivity index (χ4n) is 0.886. The van der Waals surface area contributed by atoms with Gasteiger partial charge in [0.25, 0.3) is 0 Å². The number of esters is 2. The molecular formula is C10H16O6S. The van der Waals surface area contributed by atoms with Crippen molar-refractivity contribution in [2.24, 2.45) is 0 Å². The van der Waals surface area contributed by atoms with Gasteiger partial charge in [0.1, 0.15) is 13.2 Å². The summed E-state index contributed by atoms with van der Waals surface area (Å²) >= 11 is 0. The molecule has 0 aliphatic rings. The lowest BCUT2D eigenvalue weighted by Crippen LogP contribution is -2.15. The Morgan fingerprint density at radius 3 is 2.06 bits per heavy atom. The zero-order valence-electron chi connectivity index (χ0n) is 10.1. The Morgan fingerprint density at radius 1 is 1.12 bits per heavy atom. The molecule has 0 amide bonds. The van der Waals surface area contributed by atoms with Crippen molar-refractivity contribution in [3.63, 3.8) is 0 Å². The molecule has 0 unspecified atom stereocenters. The van der Waals surface area contributed by atoms with Crippen LogP contribution in [-0.2, 0) is 28.9 Å². The number of hydrogen-bond acceptors (Lipinski definition) is 6. The van der Waals surface area contributed by atoms with Crippen molar-refractivity contribution in [2.75, 3.05) is 19.0 Å². The second kappa shape index (κ2) is 7.05. The van der Waals surface area contributed by atoms with E-state index in [1.54, 1.807) is 0 Å². The van der Waals surface area contributed by atoms with Crippen LogP contribution in [0.15, 0.2) is 11.0 Å². The van der Waals surface area contributed by atoms with Crippen molar-refractivity contribution in [3.05, 3.63) is 11.0 Å². The first-order chi connectivity index (χ1) is 7.79. The highest BCUT2D eigenvalue weighted by atomic mass is 32.2. The lowest BCUT2D eigenvalue weighted by molar-refractivity contribution is -0.141. The van der Waals surface area contributed by atoms with Crippen LogP contribution in [0.5, 0.6) is 0 Å². The van der Waals surface area contributed by atoms with E-state index in [0.29, 0.717) is 0 Å². The molecule has 17 heavy (non-hydrogen) atoms. The summed E-state index contributed by atoms with van der Waals surface area (Å²) in [5.41, 5.74) is 0. The van der Waals surface area contributed by atoms with E-state index in [4.69, 9.17) is 0 Å². The number of rotatable bonds is 6. The van der Waals surface area contributed by atoms with E-state index < -0.39 is 21.8 Å². The van der Waals surface area contributed by atoms with E-state index in [2.05, 4.69) is 9.47 Å². The SMILES string of the molecule is CCS(=O)(=O)C(=CCOC(C)=O)COC(C)=O. The van der Waals surface area contributed by atoms with E-state index in [1.807, 2.05) is 0 Å². The Labute approximate surface area is 101 Å². The Hall–Kier alpha value is -1.37. The summed E-state index contributed by atoms with van der Waals surface area (Å²) in [4.78, 5) is 21.1. The molecule has 7 heteroatoms. The molecular weight excluding hydrogens is 248 g/mol. The second-order valence-corrected chi connectivity index (χ2v) is 5.49. The van der Waals surface area contributed by atoms with Gasteiger partial charge < -0.3 is 9.47 Å². The molecule has 0 saturated heterocycles. The van der Waals surface area contributed by atoms with Crippen LogP contribution in [0.1, 0.15) is 20.8 Å². The molecule has 0 N–H and O–H groups in total. The maximum absolute atomic E-state index is 11.6. The fraction of sp³-hybridized carbons (Fsp3) is 0.600. The maximum Gasteiger partial charge on any atom is 0.302 e. The van der Waals surface area contributed by atoms with Crippen molar-refractivity contribution in [1.29, 1.82) is 0 Å². The Morgan fingerprint density at radius 2 is 1.65 bits per heavy atom. The first-order valence-corrected chi connectivity index (χ1v) is 6.63. The van der Waals surface area contributed by atoms with Crippen LogP contribution in [-0.4, -0.2) is 39.3 Å². The van der Waals surface area contributed by atoms with Crippen LogP contribution in [0.25, 0.3) is 0 Å². The third-order valence-corrected chi connectivity index (χ3v) is 3.64. The molecule has 0 radical (unpaired) electrons. The van der Waals surface area contributed by atoms with E-state index in [1.165, 1.54) is 26.8 Å². The summed E-state index contributed by atoms with van der Waals surface area (Å²) in [5, 5.41) is 0. The van der Waals surface area contributed by atoms with Crippen molar-refractivity contribution >= 4 is 21.8 Å². The zero-order valence-corrected chi connectivity index (χ0v) is 10.9. The van der Waals surface area contributed by atoms with Crippen LogP contribution in [0, 0.1) is 0 Å². The largest absolute Gasteiger partial charge is 0.462 e. The van der Waals surface area contributed by atoms with Gasteiger partial charge in [0.2, 0.25) is 0 Å². The van der Waals surface area contributed by atoms with Crippen LogP contribution in [0.2, 0.25) is 0 Å². The minimum Gasteiger partial charge on any atom is -0.462 e. The summed E-state index contributed by atoms with van der Waals surface area (Å²) < 4.78 is 32.4. The predicted octanol–water partition coefficient (Wildman–Crippen LogP) is 0.431. The van der Waals surface area contributed by atoms with Gasteiger partial charge in [-0.25, -0.2) is 8.42 Å². The van der Waals surface area contributed by atoms with E-state index in [9.17, 15) is 18.0 Å². The van der Waals surface area contributed by atoms with Crippen LogP contribution in [0.3, 0.4) is 0 Å². The standard InChI is InChI=1S/C10H16O6S/c1-4-17(13,14)10(7-16-9(3)12)5-6-15-8(2)11/h5H,4,6-7H2,1-3H3. The summed E-state index contributed by atoms with van der Waals surface area (Å²) in [6.07, 6.45) is 1.23. The highest BCUT2D eigenvalue weighted by Gasteiger charge is 2.16. The molecule has 0 fully saturated rings. The first kappa shape index (κ1) is 15.6. The highest BCUT2D eigenvalue weighted by molar-refractivity contribution is 7.95. The van der Waals surface area contributed by atoms with Crippen molar-refractivity contribution in [3.8, 4) is 0 Å². The lowest BCUT2D eigenvalue weighted by Gasteiger charge is -2.07. The van der Waals surface area contributed by atoms with Crippen LogP contribution < -0.4 is 0 Å². The number of carbonyl (C=O) groups is 2. The van der Waals surface area contributed by atoms with Crippen molar-refractivity contribution in [2.45, 2.75) is 20.8 Å². The smallest absolute Gasteiger partial charge is 0.302 e. The Bertz CT molecular complexity index is 407. The molecule has 0 saturated carbocycles. The van der Waals surface area contributed by atoms with Gasteiger partial charge in [0, 0.05) is 13.8 Å². The molecule has 0 heterocycles. The molecule has 0 rings (SSSR count). The van der Waals surface area contributed by atoms with Crippen molar-refractivity contribution < 1.29 is 27.5 Å². The molecule has 0 bridgehead atoms. The third kappa shape index (κ3) is 6.72. The van der Waals surface area contributed by atoms with Gasteiger partial charge >= 0.3 is 11.9 Å². The average Bonchev–Trinajstić information content (AvgIpc) is 2.21. The lowest BCUT2D eigenvalue weighted by atomic mass is 10.5. The molecule has 0 aliphatic carbocycles. The minimum absolute atomic E-state index is 0.0588. The number of sulfone groups is 1. The van der Waals surface area contributed by atoms with Crippen molar-refractivity contribution in [1.82, 2.24) is 0 Å². The van der Waals surface area contributed by atoms with Gasteiger partial charge in [-0.05, 0) is 6.08 Å². The van der Waals surface area contributed by atoms with E-state index >= 15 is 0 Å². The van der Waals surface area contributed by atoms with Gasteiger partial charge in [-0.1, -0.05) is 6.92 Å². The maximum atomic E-state index is 11.6. The molecule has 0 aromatic heterocycles. The summed E-state index contributed by atoms with van der Waals surface area (Å²) in [7, 11) is -3.46. The summed E-state index contributed by atoms with van der Waals surface area (Å²) in [6, 6.07) is 0. The molecule has 0 atom stereocenters. The highest BCUT2D eigenvalue weighted by Crippen LogP contribution is 2.08. The summed E-state index contributed by atoms with van der Waals surface area (Å²) in [5.74, 6) is -1.20. The van der Waals surface area contributed by atoms with Crippen LogP contribution in [0.4, 0.5) is 0 Å². The van der Waals surface area contributed by atoms with E-state index in [-0.39, 0.29) is 23.9 Å². The predicted molar refractivity (Wildman–Crippen MR) is 60.8 cm³/mol. The minimum atomic E-state index is -3.46. The fourth-order valence-corrected chi connectivity index (χ4v) is 1.82. The van der Waals surface area contributed by atoms with Gasteiger partial charge in [0.15, 0.2) is 9.84 Å². The Kier molecular flexibility index (Phi) is 6.48. The molecule has 0 spiro atoms. The van der Waals surface area contributed by atoms with Crippen LogP contribution >= 0.6 is 0 Å². The molecule has 0 aliphatic heterocycles. The number of hydrogen-bond donors (Lipinski definition) is 0. The third-order valence-electron chi connectivity index (χ3n) is 1.79. The second-order valence-electron chi connectivity index (χ2n) is 3.16. The van der Waals surface area contributed by atoms with Gasteiger partial charge in [0.05, 0.1) is 10.7 Å². The Balaban J connectivity index is 4.73. The normalized spacial score (nSPS) is 12.1. The number of carbonyl (C=O) groups excluding carboxylic acids is 2. The topological polar surface area (TPSA) is 86.7 Å². The molecule has 98 valence electrons. The first-order valence-electron chi connectivity index (χ1n) is 4.98. The summed E-state index contributed by atoms with van der Waals surface area (Å²) in [6.45, 7) is 3.37. The average molecular weight is 264 g/mol. The van der Waals surface area contributed by atoms with E-state index in [0.717, 1.165) is 0 Å². The van der Waals surface area contributed by atoms with Gasteiger partial charge in [-0.15, -0.1) is 0 Å². The monoisotopic (exact) mass is 264 g/mol. The zero-order chi connectivity index (χ0) is 13.5. The molecule has 0 aromatic rings. The molecule has 6 nitrogen and oxygen atoms in total. The number of ether oxygens (including phenoxy) is 2.